The third-order valence-corrected chi connectivity index (χ3v) is 11.9. The largest absolute Gasteiger partial charge is 0.394 e. The second kappa shape index (κ2) is 39.9. The Bertz CT molecular complexity index is 1090. The predicted molar refractivity (Wildman–Crippen MR) is 247 cm³/mol. The molecule has 358 valence electrons. The van der Waals surface area contributed by atoms with Gasteiger partial charge in [0.1, 0.15) is 36.6 Å². The Morgan fingerprint density at radius 2 is 1.02 bits per heavy atom. The minimum atomic E-state index is -1.67. The summed E-state index contributed by atoms with van der Waals surface area (Å²) in [5.41, 5.74) is 0. The normalized spacial score (nSPS) is 21.8. The van der Waals surface area contributed by atoms with Gasteiger partial charge in [0.2, 0.25) is 5.91 Å². The second-order valence-electron chi connectivity index (χ2n) is 17.5. The van der Waals surface area contributed by atoms with Crippen LogP contribution in [0.2, 0.25) is 0 Å². The molecule has 0 aliphatic carbocycles. The summed E-state index contributed by atoms with van der Waals surface area (Å²) >= 11 is 0. The van der Waals surface area contributed by atoms with Crippen LogP contribution in [0, 0.1) is 0 Å². The number of aliphatic hydroxyl groups is 7. The smallest absolute Gasteiger partial charge is 0.249 e. The molecule has 8 N–H and O–H groups in total. The highest BCUT2D eigenvalue weighted by molar-refractivity contribution is 5.80. The Morgan fingerprint density at radius 3 is 1.51 bits per heavy atom. The molecule has 9 atom stereocenters. The number of amides is 1. The van der Waals surface area contributed by atoms with Crippen molar-refractivity contribution in [2.45, 2.75) is 262 Å². The van der Waals surface area contributed by atoms with Crippen LogP contribution in [0.25, 0.3) is 0 Å². The lowest BCUT2D eigenvalue weighted by Crippen LogP contribution is -2.60. The molecule has 0 saturated carbocycles. The molecular weight excluding hydrogens is 775 g/mol. The molecule has 1 saturated heterocycles. The number of rotatable bonds is 41. The van der Waals surface area contributed by atoms with E-state index in [9.17, 15) is 40.5 Å². The molecule has 0 radical (unpaired) electrons. The maximum Gasteiger partial charge on any atom is 0.249 e. The van der Waals surface area contributed by atoms with Crippen LogP contribution in [0.5, 0.6) is 0 Å². The number of carbonyl (C=O) groups is 1. The Labute approximate surface area is 371 Å². The van der Waals surface area contributed by atoms with Gasteiger partial charge < -0.3 is 50.5 Å². The van der Waals surface area contributed by atoms with Gasteiger partial charge in [0.05, 0.1) is 25.4 Å². The first-order valence-electron chi connectivity index (χ1n) is 24.9. The van der Waals surface area contributed by atoms with Crippen LogP contribution in [0.4, 0.5) is 0 Å². The van der Waals surface area contributed by atoms with Crippen molar-refractivity contribution in [1.82, 2.24) is 5.32 Å². The SMILES string of the molecule is CCCCCCCCC/C=C/CCCC(O)C(O)C(COC1OC(CO)C(O)C(O)C1O)NC(=O)C(O)CCCCCCCC/C=C\C/C=C\CCCCCCCCCCC. The van der Waals surface area contributed by atoms with Gasteiger partial charge in [0.15, 0.2) is 6.29 Å². The van der Waals surface area contributed by atoms with E-state index in [2.05, 4.69) is 55.6 Å². The van der Waals surface area contributed by atoms with Crippen LogP contribution in [-0.2, 0) is 14.3 Å². The Kier molecular flexibility index (Phi) is 37.5. The number of hydrogen-bond acceptors (Lipinski definition) is 10. The van der Waals surface area contributed by atoms with Crippen molar-refractivity contribution in [1.29, 1.82) is 0 Å². The summed E-state index contributed by atoms with van der Waals surface area (Å²) in [5, 5.41) is 75.7. The maximum atomic E-state index is 13.1. The first-order chi connectivity index (χ1) is 29.7. The third-order valence-electron chi connectivity index (χ3n) is 11.9. The summed E-state index contributed by atoms with van der Waals surface area (Å²) in [7, 11) is 0. The fourth-order valence-corrected chi connectivity index (χ4v) is 7.76. The molecule has 1 amide bonds. The van der Waals surface area contributed by atoms with Gasteiger partial charge >= 0.3 is 0 Å². The molecule has 11 heteroatoms. The van der Waals surface area contributed by atoms with Crippen LogP contribution in [0.15, 0.2) is 36.5 Å². The highest BCUT2D eigenvalue weighted by Crippen LogP contribution is 2.23. The topological polar surface area (TPSA) is 189 Å². The van der Waals surface area contributed by atoms with Crippen LogP contribution in [0.3, 0.4) is 0 Å². The summed E-state index contributed by atoms with van der Waals surface area (Å²) in [4.78, 5) is 13.1. The van der Waals surface area contributed by atoms with E-state index in [1.165, 1.54) is 103 Å². The lowest BCUT2D eigenvalue weighted by Gasteiger charge is -2.40. The average Bonchev–Trinajstić information content (AvgIpc) is 3.26. The molecule has 1 aliphatic rings. The summed E-state index contributed by atoms with van der Waals surface area (Å²) in [6.07, 6.45) is 34.8. The molecule has 0 aromatic rings. The van der Waals surface area contributed by atoms with Gasteiger partial charge in [-0.3, -0.25) is 4.79 Å². The highest BCUT2D eigenvalue weighted by Gasteiger charge is 2.44. The van der Waals surface area contributed by atoms with Crippen LogP contribution in [0.1, 0.15) is 206 Å². The third kappa shape index (κ3) is 29.4. The van der Waals surface area contributed by atoms with E-state index in [1.54, 1.807) is 0 Å². The number of aliphatic hydroxyl groups excluding tert-OH is 7. The van der Waals surface area contributed by atoms with Crippen molar-refractivity contribution in [3.05, 3.63) is 36.5 Å². The van der Waals surface area contributed by atoms with Crippen LogP contribution in [-0.4, -0.2) is 110 Å². The number of ether oxygens (including phenoxy) is 2. The Balaban J connectivity index is 2.40. The molecule has 0 bridgehead atoms. The molecular formula is C50H93NO10. The van der Waals surface area contributed by atoms with Gasteiger partial charge in [0.25, 0.3) is 0 Å². The lowest BCUT2D eigenvalue weighted by atomic mass is 9.98. The molecule has 1 rings (SSSR count). The number of hydrogen-bond donors (Lipinski definition) is 8. The van der Waals surface area contributed by atoms with Gasteiger partial charge in [-0.05, 0) is 70.6 Å². The fourth-order valence-electron chi connectivity index (χ4n) is 7.76. The molecule has 0 aromatic carbocycles. The quantitative estimate of drug-likeness (QED) is 0.0218. The fraction of sp³-hybridized carbons (Fsp3) is 0.860. The standard InChI is InChI=1S/C50H93NO10/c1-3-5-7-9-11-13-15-17-18-19-20-21-22-23-24-25-26-28-30-32-34-36-38-43(54)49(59)51-41(40-60-50-48(58)47(57)46(56)44(39-52)61-50)45(55)42(53)37-35-33-31-29-27-16-14-12-10-8-6-4-2/h20-21,23-24,29,31,41-48,50,52-58H,3-19,22,25-28,30,32-40H2,1-2H3,(H,51,59)/b21-20-,24-23-,31-29+. The maximum absolute atomic E-state index is 13.1. The summed E-state index contributed by atoms with van der Waals surface area (Å²) in [5.74, 6) is -0.716. The molecule has 9 unspecified atom stereocenters. The predicted octanol–water partition coefficient (Wildman–Crippen LogP) is 8.78. The van der Waals surface area contributed by atoms with E-state index in [4.69, 9.17) is 9.47 Å². The van der Waals surface area contributed by atoms with Crippen molar-refractivity contribution >= 4 is 5.91 Å². The molecule has 1 aliphatic heterocycles. The monoisotopic (exact) mass is 868 g/mol. The zero-order chi connectivity index (χ0) is 44.8. The van der Waals surface area contributed by atoms with E-state index < -0.39 is 74.2 Å². The average molecular weight is 868 g/mol. The molecule has 11 nitrogen and oxygen atoms in total. The van der Waals surface area contributed by atoms with Crippen LogP contribution < -0.4 is 5.32 Å². The van der Waals surface area contributed by atoms with Gasteiger partial charge in [-0.1, -0.05) is 172 Å². The molecule has 1 heterocycles. The molecule has 61 heavy (non-hydrogen) atoms. The van der Waals surface area contributed by atoms with Crippen LogP contribution >= 0.6 is 0 Å². The Hall–Kier alpha value is -1.67. The van der Waals surface area contributed by atoms with Crippen molar-refractivity contribution in [3.8, 4) is 0 Å². The number of nitrogens with one attached hydrogen (secondary N) is 1. The van der Waals surface area contributed by atoms with Crippen molar-refractivity contribution in [3.63, 3.8) is 0 Å². The Morgan fingerprint density at radius 1 is 0.574 bits per heavy atom. The highest BCUT2D eigenvalue weighted by atomic mass is 16.7. The zero-order valence-electron chi connectivity index (χ0n) is 38.6. The number of allylic oxidation sites excluding steroid dienone is 6. The van der Waals surface area contributed by atoms with Gasteiger partial charge in [0, 0.05) is 0 Å². The summed E-state index contributed by atoms with van der Waals surface area (Å²) in [6.45, 7) is 3.41. The van der Waals surface area contributed by atoms with E-state index in [0.717, 1.165) is 64.2 Å². The van der Waals surface area contributed by atoms with Gasteiger partial charge in [-0.25, -0.2) is 0 Å². The lowest BCUT2D eigenvalue weighted by molar-refractivity contribution is -0.303. The molecule has 0 spiro atoms. The molecule has 0 aromatic heterocycles. The van der Waals surface area contributed by atoms with E-state index in [-0.39, 0.29) is 12.8 Å². The van der Waals surface area contributed by atoms with Gasteiger partial charge in [-0.15, -0.1) is 0 Å². The second-order valence-corrected chi connectivity index (χ2v) is 17.5. The van der Waals surface area contributed by atoms with E-state index in [1.807, 2.05) is 0 Å². The van der Waals surface area contributed by atoms with Crippen molar-refractivity contribution in [2.24, 2.45) is 0 Å². The first-order valence-corrected chi connectivity index (χ1v) is 24.9. The number of carbonyl (C=O) groups excluding carboxylic acids is 1. The minimum Gasteiger partial charge on any atom is -0.394 e. The first kappa shape index (κ1) is 57.3. The minimum absolute atomic E-state index is 0.241. The van der Waals surface area contributed by atoms with Crippen molar-refractivity contribution < 1.29 is 50.0 Å². The zero-order valence-corrected chi connectivity index (χ0v) is 38.6. The summed E-state index contributed by atoms with van der Waals surface area (Å²) in [6, 6.07) is -1.19. The summed E-state index contributed by atoms with van der Waals surface area (Å²) < 4.78 is 11.1. The van der Waals surface area contributed by atoms with E-state index in [0.29, 0.717) is 12.8 Å². The number of unbranched alkanes of at least 4 members (excludes halogenated alkanes) is 23. The van der Waals surface area contributed by atoms with Gasteiger partial charge in [-0.2, -0.15) is 0 Å². The van der Waals surface area contributed by atoms with E-state index >= 15 is 0 Å². The molecule has 1 fully saturated rings. The van der Waals surface area contributed by atoms with Crippen molar-refractivity contribution in [2.75, 3.05) is 13.2 Å².